The van der Waals surface area contributed by atoms with E-state index in [2.05, 4.69) is 50.8 Å². The van der Waals surface area contributed by atoms with E-state index in [4.69, 9.17) is 4.74 Å². The number of aliphatic hydroxyl groups is 1. The molecule has 0 amide bonds. The Bertz CT molecular complexity index is 642. The van der Waals surface area contributed by atoms with Gasteiger partial charge in [0.2, 0.25) is 0 Å². The first kappa shape index (κ1) is 19.5. The number of para-hydroxylation sites is 1. The summed E-state index contributed by atoms with van der Waals surface area (Å²) in [6.45, 7) is 10.4. The summed E-state index contributed by atoms with van der Waals surface area (Å²) >= 11 is 0. The zero-order valence-electron chi connectivity index (χ0n) is 15.9. The first-order valence-corrected chi connectivity index (χ1v) is 9.15. The average Bonchev–Trinajstić information content (AvgIpc) is 2.62. The van der Waals surface area contributed by atoms with Crippen LogP contribution in [0.3, 0.4) is 0 Å². The minimum absolute atomic E-state index is 0.309. The number of aliphatic hydroxyl groups excluding tert-OH is 1. The molecule has 2 atom stereocenters. The molecule has 0 saturated heterocycles. The normalized spacial score (nSPS) is 13.7. The topological polar surface area (TPSA) is 32.7 Å². The van der Waals surface area contributed by atoms with Crippen LogP contribution in [0, 0.1) is 13.8 Å². The molecule has 0 aliphatic rings. The van der Waals surface area contributed by atoms with Gasteiger partial charge in [0.15, 0.2) is 0 Å². The zero-order chi connectivity index (χ0) is 18.2. The molecule has 0 heterocycles. The maximum atomic E-state index is 10.5. The van der Waals surface area contributed by atoms with Gasteiger partial charge in [-0.05, 0) is 50.5 Å². The van der Waals surface area contributed by atoms with Crippen LogP contribution in [0.2, 0.25) is 0 Å². The number of nitrogens with zero attached hydrogens (tertiary/aromatic N) is 1. The Morgan fingerprint density at radius 1 is 1.08 bits per heavy atom. The molecule has 0 aliphatic heterocycles. The molecule has 3 heteroatoms. The molecule has 3 nitrogen and oxygen atoms in total. The summed E-state index contributed by atoms with van der Waals surface area (Å²) in [5.74, 6) is 0.797. The quantitative estimate of drug-likeness (QED) is 0.736. The minimum Gasteiger partial charge on any atom is -0.491 e. The second-order valence-corrected chi connectivity index (χ2v) is 6.89. The molecule has 0 radical (unpaired) electrons. The molecule has 0 bridgehead atoms. The Labute approximate surface area is 152 Å². The fourth-order valence-corrected chi connectivity index (χ4v) is 2.88. The van der Waals surface area contributed by atoms with E-state index in [9.17, 15) is 5.11 Å². The maximum Gasteiger partial charge on any atom is 0.119 e. The lowest BCUT2D eigenvalue weighted by molar-refractivity contribution is 0.0505. The van der Waals surface area contributed by atoms with Crippen LogP contribution in [-0.2, 0) is 6.54 Å². The standard InChI is InChI=1S/C22H31NO2/c1-5-19(4)23(14-20-13-17(2)11-12-18(20)3)15-21(24)16-25-22-9-7-6-8-10-22/h6-13,19,21,24H,5,14-16H2,1-4H3/t19-,21-/m1/s1. The number of aryl methyl sites for hydroxylation is 2. The Morgan fingerprint density at radius 3 is 2.48 bits per heavy atom. The molecular weight excluding hydrogens is 310 g/mol. The van der Waals surface area contributed by atoms with Gasteiger partial charge in [-0.25, -0.2) is 0 Å². The maximum absolute atomic E-state index is 10.5. The van der Waals surface area contributed by atoms with E-state index in [-0.39, 0.29) is 0 Å². The SMILES string of the molecule is CC[C@@H](C)N(Cc1cc(C)ccc1C)C[C@@H](O)COc1ccccc1. The van der Waals surface area contributed by atoms with Gasteiger partial charge in [-0.1, -0.05) is 48.9 Å². The van der Waals surface area contributed by atoms with E-state index in [1.165, 1.54) is 16.7 Å². The van der Waals surface area contributed by atoms with Crippen LogP contribution in [0.15, 0.2) is 48.5 Å². The third-order valence-corrected chi connectivity index (χ3v) is 4.72. The van der Waals surface area contributed by atoms with Crippen molar-refractivity contribution in [2.24, 2.45) is 0 Å². The molecule has 2 aromatic rings. The number of rotatable bonds is 9. The van der Waals surface area contributed by atoms with Crippen molar-refractivity contribution in [1.82, 2.24) is 4.90 Å². The average molecular weight is 341 g/mol. The highest BCUT2D eigenvalue weighted by Gasteiger charge is 2.18. The van der Waals surface area contributed by atoms with E-state index in [1.807, 2.05) is 30.3 Å². The lowest BCUT2D eigenvalue weighted by Crippen LogP contribution is -2.40. The Morgan fingerprint density at radius 2 is 1.80 bits per heavy atom. The highest BCUT2D eigenvalue weighted by atomic mass is 16.5. The van der Waals surface area contributed by atoms with Crippen LogP contribution in [0.25, 0.3) is 0 Å². The van der Waals surface area contributed by atoms with Crippen LogP contribution in [0.4, 0.5) is 0 Å². The summed E-state index contributed by atoms with van der Waals surface area (Å²) in [5, 5.41) is 10.5. The zero-order valence-corrected chi connectivity index (χ0v) is 15.9. The number of ether oxygens (including phenoxy) is 1. The molecule has 136 valence electrons. The van der Waals surface area contributed by atoms with Gasteiger partial charge in [-0.2, -0.15) is 0 Å². The molecule has 2 aromatic carbocycles. The van der Waals surface area contributed by atoms with Crippen molar-refractivity contribution in [3.05, 3.63) is 65.2 Å². The van der Waals surface area contributed by atoms with Gasteiger partial charge < -0.3 is 9.84 Å². The third kappa shape index (κ3) is 6.18. The highest BCUT2D eigenvalue weighted by molar-refractivity contribution is 5.30. The van der Waals surface area contributed by atoms with Gasteiger partial charge in [0, 0.05) is 19.1 Å². The van der Waals surface area contributed by atoms with Crippen LogP contribution in [0.5, 0.6) is 5.75 Å². The molecular formula is C22H31NO2. The van der Waals surface area contributed by atoms with Crippen molar-refractivity contribution in [3.63, 3.8) is 0 Å². The van der Waals surface area contributed by atoms with Crippen molar-refractivity contribution in [2.75, 3.05) is 13.2 Å². The molecule has 0 aliphatic carbocycles. The van der Waals surface area contributed by atoms with Crippen molar-refractivity contribution < 1.29 is 9.84 Å². The molecule has 0 fully saturated rings. The fourth-order valence-electron chi connectivity index (χ4n) is 2.88. The Kier molecular flexibility index (Phi) is 7.48. The van der Waals surface area contributed by atoms with Crippen LogP contribution < -0.4 is 4.74 Å². The van der Waals surface area contributed by atoms with E-state index in [0.29, 0.717) is 19.2 Å². The van der Waals surface area contributed by atoms with Crippen molar-refractivity contribution in [1.29, 1.82) is 0 Å². The lowest BCUT2D eigenvalue weighted by Gasteiger charge is -2.31. The molecule has 0 saturated carbocycles. The molecule has 1 N–H and O–H groups in total. The molecule has 0 aromatic heterocycles. The van der Waals surface area contributed by atoms with Crippen LogP contribution in [-0.4, -0.2) is 35.3 Å². The first-order valence-electron chi connectivity index (χ1n) is 9.15. The predicted molar refractivity (Wildman–Crippen MR) is 104 cm³/mol. The number of hydrogen-bond donors (Lipinski definition) is 1. The van der Waals surface area contributed by atoms with Crippen molar-refractivity contribution >= 4 is 0 Å². The van der Waals surface area contributed by atoms with E-state index >= 15 is 0 Å². The largest absolute Gasteiger partial charge is 0.491 e. The highest BCUT2D eigenvalue weighted by Crippen LogP contribution is 2.17. The summed E-state index contributed by atoms with van der Waals surface area (Å²) in [6.07, 6.45) is 0.538. The van der Waals surface area contributed by atoms with Gasteiger partial charge in [-0.15, -0.1) is 0 Å². The Hall–Kier alpha value is -1.84. The number of hydrogen-bond acceptors (Lipinski definition) is 3. The second-order valence-electron chi connectivity index (χ2n) is 6.89. The summed E-state index contributed by atoms with van der Waals surface area (Å²) in [5.41, 5.74) is 3.91. The minimum atomic E-state index is -0.515. The fraction of sp³-hybridized carbons (Fsp3) is 0.455. The third-order valence-electron chi connectivity index (χ3n) is 4.72. The summed E-state index contributed by atoms with van der Waals surface area (Å²) in [7, 11) is 0. The summed E-state index contributed by atoms with van der Waals surface area (Å²) < 4.78 is 5.70. The van der Waals surface area contributed by atoms with Gasteiger partial charge in [0.25, 0.3) is 0 Å². The van der Waals surface area contributed by atoms with Crippen molar-refractivity contribution in [3.8, 4) is 5.75 Å². The van der Waals surface area contributed by atoms with Gasteiger partial charge in [0.1, 0.15) is 18.5 Å². The van der Waals surface area contributed by atoms with E-state index < -0.39 is 6.10 Å². The van der Waals surface area contributed by atoms with Crippen molar-refractivity contribution in [2.45, 2.75) is 52.8 Å². The monoisotopic (exact) mass is 341 g/mol. The molecule has 0 spiro atoms. The molecule has 0 unspecified atom stereocenters. The smallest absolute Gasteiger partial charge is 0.119 e. The van der Waals surface area contributed by atoms with Crippen LogP contribution in [0.1, 0.15) is 37.0 Å². The van der Waals surface area contributed by atoms with Gasteiger partial charge in [-0.3, -0.25) is 4.90 Å². The first-order chi connectivity index (χ1) is 12.0. The van der Waals surface area contributed by atoms with E-state index in [0.717, 1.165) is 18.7 Å². The summed E-state index contributed by atoms with van der Waals surface area (Å²) in [4.78, 5) is 2.35. The second kappa shape index (κ2) is 9.59. The van der Waals surface area contributed by atoms with Gasteiger partial charge >= 0.3 is 0 Å². The number of benzene rings is 2. The van der Waals surface area contributed by atoms with Gasteiger partial charge in [0.05, 0.1) is 0 Å². The van der Waals surface area contributed by atoms with Crippen LogP contribution >= 0.6 is 0 Å². The molecule has 2 rings (SSSR count). The predicted octanol–water partition coefficient (Wildman–Crippen LogP) is 4.34. The molecule has 25 heavy (non-hydrogen) atoms. The van der Waals surface area contributed by atoms with E-state index in [1.54, 1.807) is 0 Å². The Balaban J connectivity index is 1.98. The summed E-state index contributed by atoms with van der Waals surface area (Å²) in [6, 6.07) is 16.6. The lowest BCUT2D eigenvalue weighted by atomic mass is 10.0.